The van der Waals surface area contributed by atoms with Crippen LogP contribution in [-0.4, -0.2) is 15.0 Å². The summed E-state index contributed by atoms with van der Waals surface area (Å²) in [6.45, 7) is 1.96. The molecule has 0 radical (unpaired) electrons. The Kier molecular flexibility index (Phi) is 3.54. The predicted octanol–water partition coefficient (Wildman–Crippen LogP) is 2.58. The number of nitrogens with zero attached hydrogens (tertiary/aromatic N) is 3. The second-order valence-corrected chi connectivity index (χ2v) is 4.61. The number of rotatable bonds is 3. The highest BCUT2D eigenvalue weighted by Crippen LogP contribution is 2.19. The largest absolute Gasteiger partial charge is 0.323 e. The van der Waals surface area contributed by atoms with Crippen LogP contribution in [0.3, 0.4) is 0 Å². The van der Waals surface area contributed by atoms with Crippen LogP contribution >= 0.6 is 15.9 Å². The molecule has 0 aliphatic carbocycles. The van der Waals surface area contributed by atoms with E-state index in [1.54, 1.807) is 18.3 Å². The van der Waals surface area contributed by atoms with Crippen molar-refractivity contribution in [3.63, 3.8) is 0 Å². The van der Waals surface area contributed by atoms with Crippen molar-refractivity contribution in [2.24, 2.45) is 5.73 Å². The van der Waals surface area contributed by atoms with Crippen molar-refractivity contribution in [3.05, 3.63) is 40.4 Å². The van der Waals surface area contributed by atoms with Crippen molar-refractivity contribution in [2.75, 3.05) is 0 Å². The zero-order valence-electron chi connectivity index (χ0n) is 9.27. The monoisotopic (exact) mass is 298 g/mol. The van der Waals surface area contributed by atoms with Gasteiger partial charge in [-0.3, -0.25) is 0 Å². The minimum atomic E-state index is -0.352. The van der Waals surface area contributed by atoms with Gasteiger partial charge in [-0.25, -0.2) is 9.07 Å². The standard InChI is InChI=1S/C11H12BrFN4/c1-2-9(14)10-6-17(16-15-10)11-5-7(12)3-4-8(11)13/h3-6,9H,2,14H2,1H3. The molecule has 0 saturated heterocycles. The van der Waals surface area contributed by atoms with Gasteiger partial charge >= 0.3 is 0 Å². The van der Waals surface area contributed by atoms with Crippen molar-refractivity contribution in [2.45, 2.75) is 19.4 Å². The highest BCUT2D eigenvalue weighted by molar-refractivity contribution is 9.10. The molecular weight excluding hydrogens is 287 g/mol. The second-order valence-electron chi connectivity index (χ2n) is 3.70. The molecule has 4 nitrogen and oxygen atoms in total. The molecule has 0 aliphatic rings. The molecule has 90 valence electrons. The van der Waals surface area contributed by atoms with E-state index >= 15 is 0 Å². The number of nitrogens with two attached hydrogens (primary N) is 1. The van der Waals surface area contributed by atoms with E-state index in [9.17, 15) is 4.39 Å². The average Bonchev–Trinajstić information content (AvgIpc) is 2.80. The van der Waals surface area contributed by atoms with Crippen LogP contribution in [0.25, 0.3) is 5.69 Å². The van der Waals surface area contributed by atoms with Crippen LogP contribution in [0.4, 0.5) is 4.39 Å². The molecule has 1 aromatic carbocycles. The molecular formula is C11H12BrFN4. The highest BCUT2D eigenvalue weighted by atomic mass is 79.9. The Hall–Kier alpha value is -1.27. The quantitative estimate of drug-likeness (QED) is 0.947. The molecule has 2 N–H and O–H groups in total. The van der Waals surface area contributed by atoms with E-state index in [4.69, 9.17) is 5.73 Å². The van der Waals surface area contributed by atoms with Gasteiger partial charge < -0.3 is 5.73 Å². The molecule has 0 amide bonds. The lowest BCUT2D eigenvalue weighted by molar-refractivity contribution is 0.606. The zero-order valence-corrected chi connectivity index (χ0v) is 10.9. The molecule has 2 aromatic rings. The van der Waals surface area contributed by atoms with Gasteiger partial charge in [0.05, 0.1) is 17.9 Å². The minimum Gasteiger partial charge on any atom is -0.323 e. The summed E-state index contributed by atoms with van der Waals surface area (Å²) in [4.78, 5) is 0. The second kappa shape index (κ2) is 4.93. The average molecular weight is 299 g/mol. The van der Waals surface area contributed by atoms with E-state index in [1.807, 2.05) is 6.92 Å². The third-order valence-corrected chi connectivity index (χ3v) is 2.98. The first-order chi connectivity index (χ1) is 8.11. The Morgan fingerprint density at radius 2 is 2.29 bits per heavy atom. The molecule has 0 bridgehead atoms. The molecule has 0 aliphatic heterocycles. The molecule has 6 heteroatoms. The van der Waals surface area contributed by atoms with E-state index in [0.717, 1.165) is 10.9 Å². The van der Waals surface area contributed by atoms with Crippen LogP contribution in [-0.2, 0) is 0 Å². The normalized spacial score (nSPS) is 12.7. The Morgan fingerprint density at radius 3 is 3.00 bits per heavy atom. The summed E-state index contributed by atoms with van der Waals surface area (Å²) in [7, 11) is 0. The molecule has 2 rings (SSSR count). The fourth-order valence-corrected chi connectivity index (χ4v) is 1.78. The van der Waals surface area contributed by atoms with Gasteiger partial charge in [0, 0.05) is 4.47 Å². The first-order valence-corrected chi connectivity index (χ1v) is 6.04. The van der Waals surface area contributed by atoms with Gasteiger partial charge in [-0.1, -0.05) is 28.1 Å². The van der Waals surface area contributed by atoms with Gasteiger partial charge in [-0.2, -0.15) is 0 Å². The number of benzene rings is 1. The maximum absolute atomic E-state index is 13.6. The van der Waals surface area contributed by atoms with E-state index < -0.39 is 0 Å². The van der Waals surface area contributed by atoms with Crippen molar-refractivity contribution >= 4 is 15.9 Å². The maximum atomic E-state index is 13.6. The summed E-state index contributed by atoms with van der Waals surface area (Å²) in [5, 5.41) is 7.82. The molecule has 1 aromatic heterocycles. The van der Waals surface area contributed by atoms with Gasteiger partial charge in [0.1, 0.15) is 11.5 Å². The fraction of sp³-hybridized carbons (Fsp3) is 0.273. The topological polar surface area (TPSA) is 56.7 Å². The van der Waals surface area contributed by atoms with Crippen LogP contribution in [0.5, 0.6) is 0 Å². The van der Waals surface area contributed by atoms with E-state index in [1.165, 1.54) is 10.7 Å². The van der Waals surface area contributed by atoms with Crippen molar-refractivity contribution < 1.29 is 4.39 Å². The lowest BCUT2D eigenvalue weighted by atomic mass is 10.2. The Labute approximate surface area is 107 Å². The minimum absolute atomic E-state index is 0.168. The van der Waals surface area contributed by atoms with Crippen molar-refractivity contribution in [3.8, 4) is 5.69 Å². The fourth-order valence-electron chi connectivity index (χ4n) is 1.43. The molecule has 1 heterocycles. The van der Waals surface area contributed by atoms with Crippen LogP contribution in [0.2, 0.25) is 0 Å². The lowest BCUT2D eigenvalue weighted by Crippen LogP contribution is -2.08. The Morgan fingerprint density at radius 1 is 1.53 bits per heavy atom. The third-order valence-electron chi connectivity index (χ3n) is 2.49. The molecule has 17 heavy (non-hydrogen) atoms. The summed E-state index contributed by atoms with van der Waals surface area (Å²) in [6.07, 6.45) is 2.42. The maximum Gasteiger partial charge on any atom is 0.148 e. The predicted molar refractivity (Wildman–Crippen MR) is 66.2 cm³/mol. The number of hydrogen-bond donors (Lipinski definition) is 1. The van der Waals surface area contributed by atoms with Gasteiger partial charge in [0.15, 0.2) is 0 Å². The number of aromatic nitrogens is 3. The summed E-state index contributed by atoms with van der Waals surface area (Å²) in [5.41, 5.74) is 6.84. The molecule has 0 fully saturated rings. The van der Waals surface area contributed by atoms with E-state index in [0.29, 0.717) is 11.4 Å². The highest BCUT2D eigenvalue weighted by Gasteiger charge is 2.11. The molecule has 1 atom stereocenters. The van der Waals surface area contributed by atoms with Crippen molar-refractivity contribution in [1.82, 2.24) is 15.0 Å². The van der Waals surface area contributed by atoms with Gasteiger partial charge in [0.25, 0.3) is 0 Å². The third kappa shape index (κ3) is 2.53. The van der Waals surface area contributed by atoms with Crippen LogP contribution in [0, 0.1) is 5.82 Å². The van der Waals surface area contributed by atoms with Crippen molar-refractivity contribution in [1.29, 1.82) is 0 Å². The molecule has 0 saturated carbocycles. The van der Waals surface area contributed by atoms with Crippen LogP contribution in [0.1, 0.15) is 25.1 Å². The smallest absolute Gasteiger partial charge is 0.148 e. The van der Waals surface area contributed by atoms with Gasteiger partial charge in [-0.05, 0) is 24.6 Å². The summed E-state index contributed by atoms with van der Waals surface area (Å²) in [5.74, 6) is -0.352. The van der Waals surface area contributed by atoms with Crippen LogP contribution < -0.4 is 5.73 Å². The lowest BCUT2D eigenvalue weighted by Gasteiger charge is -2.03. The summed E-state index contributed by atoms with van der Waals surface area (Å²) >= 11 is 3.29. The Balaban J connectivity index is 2.40. The summed E-state index contributed by atoms with van der Waals surface area (Å²) < 4.78 is 15.8. The Bertz CT molecular complexity index is 526. The number of hydrogen-bond acceptors (Lipinski definition) is 3. The number of halogens is 2. The van der Waals surface area contributed by atoms with Gasteiger partial charge in [0.2, 0.25) is 0 Å². The molecule has 0 spiro atoms. The van der Waals surface area contributed by atoms with Crippen LogP contribution in [0.15, 0.2) is 28.9 Å². The van der Waals surface area contributed by atoms with E-state index in [-0.39, 0.29) is 11.9 Å². The zero-order chi connectivity index (χ0) is 12.4. The first kappa shape index (κ1) is 12.2. The molecule has 1 unspecified atom stereocenters. The summed E-state index contributed by atoms with van der Waals surface area (Å²) in [6, 6.07) is 4.49. The first-order valence-electron chi connectivity index (χ1n) is 5.25. The van der Waals surface area contributed by atoms with E-state index in [2.05, 4.69) is 26.2 Å². The van der Waals surface area contributed by atoms with Gasteiger partial charge in [-0.15, -0.1) is 5.10 Å². The SMILES string of the molecule is CCC(N)c1cn(-c2cc(Br)ccc2F)nn1.